The molecule has 0 spiro atoms. The van der Waals surface area contributed by atoms with E-state index in [0.717, 1.165) is 5.56 Å². The summed E-state index contributed by atoms with van der Waals surface area (Å²) in [5.41, 5.74) is 2.55. The van der Waals surface area contributed by atoms with Crippen molar-refractivity contribution in [3.05, 3.63) is 104 Å². The van der Waals surface area contributed by atoms with Gasteiger partial charge in [-0.3, -0.25) is 24.6 Å². The fourth-order valence-corrected chi connectivity index (χ4v) is 4.20. The molecule has 2 aromatic carbocycles. The minimum absolute atomic E-state index is 0.0194. The number of pyridine rings is 1. The van der Waals surface area contributed by atoms with Crippen molar-refractivity contribution in [2.24, 2.45) is 0 Å². The van der Waals surface area contributed by atoms with Crippen LogP contribution in [0.15, 0.2) is 60.8 Å². The van der Waals surface area contributed by atoms with E-state index in [-0.39, 0.29) is 22.9 Å². The Balaban J connectivity index is 1.74. The molecule has 11 heteroatoms. The van der Waals surface area contributed by atoms with E-state index >= 15 is 0 Å². The molecule has 2 heterocycles. The molecule has 0 aliphatic rings. The molecule has 0 radical (unpaired) electrons. The third kappa shape index (κ3) is 5.24. The number of ketones is 1. The van der Waals surface area contributed by atoms with Crippen LogP contribution < -0.4 is 10.1 Å². The highest BCUT2D eigenvalue weighted by Gasteiger charge is 2.27. The smallest absolute Gasteiger partial charge is 0.334 e. The highest BCUT2D eigenvalue weighted by molar-refractivity contribution is 9.08. The first kappa shape index (κ1) is 25.3. The number of nitrogens with one attached hydrogen (secondary N) is 1. The zero-order valence-electron chi connectivity index (χ0n) is 19.4. The zero-order chi connectivity index (χ0) is 25.8. The summed E-state index contributed by atoms with van der Waals surface area (Å²) >= 11 is 9.61. The van der Waals surface area contributed by atoms with Crippen LogP contribution in [0.3, 0.4) is 0 Å². The first-order valence-electron chi connectivity index (χ1n) is 10.8. The number of benzene rings is 2. The molecule has 0 atom stereocenters. The van der Waals surface area contributed by atoms with Gasteiger partial charge in [0.2, 0.25) is 5.82 Å². The van der Waals surface area contributed by atoms with E-state index in [1.165, 1.54) is 6.20 Å². The van der Waals surface area contributed by atoms with Crippen LogP contribution in [0.4, 0.5) is 17.2 Å². The lowest BCUT2D eigenvalue weighted by Gasteiger charge is -2.11. The molecule has 0 aliphatic heterocycles. The van der Waals surface area contributed by atoms with Gasteiger partial charge in [-0.25, -0.2) is 0 Å². The van der Waals surface area contributed by atoms with Crippen molar-refractivity contribution in [2.45, 2.75) is 18.8 Å². The predicted molar refractivity (Wildman–Crippen MR) is 141 cm³/mol. The molecule has 1 N–H and O–H groups in total. The molecule has 0 bridgehead atoms. The van der Waals surface area contributed by atoms with Gasteiger partial charge in [0.25, 0.3) is 0 Å². The normalized spacial score (nSPS) is 10.8. The zero-order valence-corrected chi connectivity index (χ0v) is 21.7. The Labute approximate surface area is 220 Å². The molecule has 36 heavy (non-hydrogen) atoms. The summed E-state index contributed by atoms with van der Waals surface area (Å²) < 4.78 is 6.73. The number of nitrogens with zero attached hydrogens (tertiary/aromatic N) is 4. The second-order valence-corrected chi connectivity index (χ2v) is 8.80. The fourth-order valence-electron chi connectivity index (χ4n) is 3.67. The molecule has 2 aromatic heterocycles. The maximum Gasteiger partial charge on any atom is 0.334 e. The van der Waals surface area contributed by atoms with Crippen molar-refractivity contribution < 1.29 is 14.5 Å². The molecule has 0 saturated carbocycles. The summed E-state index contributed by atoms with van der Waals surface area (Å²) in [5, 5.41) is 20.2. The lowest BCUT2D eigenvalue weighted by Crippen LogP contribution is -2.09. The highest BCUT2D eigenvalue weighted by Crippen LogP contribution is 2.33. The summed E-state index contributed by atoms with van der Waals surface area (Å²) in [7, 11) is 1.58. The van der Waals surface area contributed by atoms with Gasteiger partial charge in [-0.15, -0.1) is 5.10 Å². The van der Waals surface area contributed by atoms with Crippen LogP contribution in [0.25, 0.3) is 0 Å². The van der Waals surface area contributed by atoms with Crippen LogP contribution in [0.2, 0.25) is 5.02 Å². The summed E-state index contributed by atoms with van der Waals surface area (Å²) in [6, 6.07) is 15.7. The molecule has 0 fully saturated rings. The number of rotatable bonds is 9. The lowest BCUT2D eigenvalue weighted by molar-refractivity contribution is -0.384. The maximum atomic E-state index is 13.3. The van der Waals surface area contributed by atoms with Crippen molar-refractivity contribution in [3.63, 3.8) is 0 Å². The quantitative estimate of drug-likeness (QED) is 0.112. The molecule has 9 nitrogen and oxygen atoms in total. The van der Waals surface area contributed by atoms with E-state index in [2.05, 4.69) is 31.3 Å². The predicted octanol–water partition coefficient (Wildman–Crippen LogP) is 6.07. The van der Waals surface area contributed by atoms with Crippen LogP contribution in [0.1, 0.15) is 32.9 Å². The Bertz CT molecular complexity index is 1440. The van der Waals surface area contributed by atoms with Gasteiger partial charge < -0.3 is 10.1 Å². The minimum Gasteiger partial charge on any atom is -0.497 e. The van der Waals surface area contributed by atoms with Gasteiger partial charge in [0.05, 0.1) is 40.5 Å². The maximum absolute atomic E-state index is 13.3. The van der Waals surface area contributed by atoms with Crippen molar-refractivity contribution >= 4 is 50.5 Å². The standard InChI is InChI=1S/C25H21BrClN5O4/c1-15-23(32(34)35)25(30-31(15)14-16-7-9-18(36-2)10-8-16)29-22-11-17(12-26)28-13-20(22)24(33)19-5-3-4-6-21(19)27/h3-11,13H,12,14H2,1-2H3,(H,28,29,30). The fraction of sp³-hybridized carbons (Fsp3) is 0.160. The molecule has 0 amide bonds. The summed E-state index contributed by atoms with van der Waals surface area (Å²) in [4.78, 5) is 29.1. The Kier molecular flexibility index (Phi) is 7.66. The molecular weight excluding hydrogens is 550 g/mol. The first-order chi connectivity index (χ1) is 17.3. The number of carbonyl (C=O) groups is 1. The first-order valence-corrected chi connectivity index (χ1v) is 12.3. The average molecular weight is 571 g/mol. The SMILES string of the molecule is COc1ccc(Cn2nc(Nc3cc(CBr)ncc3C(=O)c3ccccc3Cl)c([N+](=O)[O-])c2C)cc1. The van der Waals surface area contributed by atoms with E-state index in [9.17, 15) is 14.9 Å². The number of hydrogen-bond acceptors (Lipinski definition) is 7. The summed E-state index contributed by atoms with van der Waals surface area (Å²) in [5.74, 6) is 0.361. The van der Waals surface area contributed by atoms with E-state index < -0.39 is 4.92 Å². The highest BCUT2D eigenvalue weighted by atomic mass is 79.9. The van der Waals surface area contributed by atoms with Crippen LogP contribution in [-0.4, -0.2) is 32.6 Å². The van der Waals surface area contributed by atoms with Crippen molar-refractivity contribution in [3.8, 4) is 5.75 Å². The van der Waals surface area contributed by atoms with E-state index in [0.29, 0.717) is 45.3 Å². The molecule has 0 saturated heterocycles. The van der Waals surface area contributed by atoms with Crippen LogP contribution in [0.5, 0.6) is 5.75 Å². The number of methoxy groups -OCH3 is 1. The van der Waals surface area contributed by atoms with Crippen molar-refractivity contribution in [2.75, 3.05) is 12.4 Å². The molecule has 0 unspecified atom stereocenters. The van der Waals surface area contributed by atoms with Gasteiger partial charge in [-0.05, 0) is 42.8 Å². The number of hydrogen-bond donors (Lipinski definition) is 1. The van der Waals surface area contributed by atoms with E-state index in [1.807, 2.05) is 24.3 Å². The molecule has 4 rings (SSSR count). The van der Waals surface area contributed by atoms with Gasteiger partial charge >= 0.3 is 5.69 Å². The topological polar surface area (TPSA) is 112 Å². The van der Waals surface area contributed by atoms with Gasteiger partial charge in [-0.2, -0.15) is 0 Å². The van der Waals surface area contributed by atoms with Crippen molar-refractivity contribution in [1.29, 1.82) is 0 Å². The minimum atomic E-state index is -0.489. The Hall–Kier alpha value is -3.76. The molecular formula is C25H21BrClN5O4. The summed E-state index contributed by atoms with van der Waals surface area (Å²) in [6.07, 6.45) is 1.43. The third-order valence-corrected chi connectivity index (χ3v) is 6.47. The second-order valence-electron chi connectivity index (χ2n) is 7.83. The third-order valence-electron chi connectivity index (χ3n) is 5.56. The van der Waals surface area contributed by atoms with Gasteiger partial charge in [-0.1, -0.05) is 51.8 Å². The molecule has 0 aliphatic carbocycles. The lowest BCUT2D eigenvalue weighted by atomic mass is 10.0. The Morgan fingerprint density at radius 3 is 2.56 bits per heavy atom. The van der Waals surface area contributed by atoms with E-state index in [4.69, 9.17) is 16.3 Å². The largest absolute Gasteiger partial charge is 0.497 e. The average Bonchev–Trinajstić information content (AvgIpc) is 3.18. The number of halogens is 2. The van der Waals surface area contributed by atoms with Gasteiger partial charge in [0, 0.05) is 17.1 Å². The number of nitro groups is 1. The van der Waals surface area contributed by atoms with Crippen molar-refractivity contribution in [1.82, 2.24) is 14.8 Å². The molecule has 184 valence electrons. The Morgan fingerprint density at radius 2 is 1.92 bits per heavy atom. The van der Waals surface area contributed by atoms with Crippen LogP contribution in [0, 0.1) is 17.0 Å². The van der Waals surface area contributed by atoms with Gasteiger partial charge in [0.15, 0.2) is 5.78 Å². The second kappa shape index (κ2) is 10.9. The number of anilines is 2. The van der Waals surface area contributed by atoms with Crippen LogP contribution in [-0.2, 0) is 11.9 Å². The number of aromatic nitrogens is 3. The number of carbonyl (C=O) groups excluding carboxylic acids is 1. The van der Waals surface area contributed by atoms with Crippen LogP contribution >= 0.6 is 27.5 Å². The number of alkyl halides is 1. The van der Waals surface area contributed by atoms with E-state index in [1.54, 1.807) is 49.0 Å². The Morgan fingerprint density at radius 1 is 1.19 bits per heavy atom. The summed E-state index contributed by atoms with van der Waals surface area (Å²) in [6.45, 7) is 1.94. The molecule has 4 aromatic rings. The van der Waals surface area contributed by atoms with Gasteiger partial charge in [0.1, 0.15) is 11.4 Å². The number of ether oxygens (including phenoxy) is 1. The monoisotopic (exact) mass is 569 g/mol.